The molecular weight excluding hydrogens is 162 g/mol. The van der Waals surface area contributed by atoms with Gasteiger partial charge in [0.2, 0.25) is 0 Å². The molecule has 11 heavy (non-hydrogen) atoms. The van der Waals surface area contributed by atoms with Crippen molar-refractivity contribution in [3.05, 3.63) is 0 Å². The van der Waals surface area contributed by atoms with Gasteiger partial charge >= 0.3 is 0 Å². The lowest BCUT2D eigenvalue weighted by Crippen LogP contribution is -2.48. The highest BCUT2D eigenvalue weighted by atomic mass is 35.5. The van der Waals surface area contributed by atoms with Crippen molar-refractivity contribution < 1.29 is 4.74 Å². The summed E-state index contributed by atoms with van der Waals surface area (Å²) in [6, 6.07) is 0. The molecule has 2 nitrogen and oxygen atoms in total. The van der Waals surface area contributed by atoms with Crippen LogP contribution in [0.2, 0.25) is 0 Å². The Kier molecular flexibility index (Phi) is 5.06. The highest BCUT2D eigenvalue weighted by Gasteiger charge is 2.28. The van der Waals surface area contributed by atoms with Gasteiger partial charge in [0.25, 0.3) is 0 Å². The van der Waals surface area contributed by atoms with Gasteiger partial charge in [-0.1, -0.05) is 13.8 Å². The normalized spacial score (nSPS) is 22.4. The number of rotatable bonds is 2. The fourth-order valence-corrected chi connectivity index (χ4v) is 1.41. The topological polar surface area (TPSA) is 21.3 Å². The molecule has 3 heteroatoms. The molecule has 0 bridgehead atoms. The highest BCUT2D eigenvalue weighted by molar-refractivity contribution is 5.85. The molecule has 0 aromatic heterocycles. The van der Waals surface area contributed by atoms with Crippen LogP contribution in [0, 0.1) is 0 Å². The molecule has 0 spiro atoms. The van der Waals surface area contributed by atoms with Crippen LogP contribution >= 0.6 is 12.4 Å². The maximum atomic E-state index is 5.70. The Labute approximate surface area is 75.1 Å². The molecule has 0 aliphatic carbocycles. The summed E-state index contributed by atoms with van der Waals surface area (Å²) >= 11 is 0. The SMILES string of the molecule is CCC1(CC)CNCCO1.Cl. The Bertz CT molecular complexity index is 96.3. The quantitative estimate of drug-likeness (QED) is 0.695. The zero-order valence-electron chi connectivity index (χ0n) is 7.35. The van der Waals surface area contributed by atoms with E-state index in [1.807, 2.05) is 0 Å². The molecule has 0 atom stereocenters. The number of hydrogen-bond acceptors (Lipinski definition) is 2. The van der Waals surface area contributed by atoms with Crippen LogP contribution in [0.4, 0.5) is 0 Å². The second-order valence-corrected chi connectivity index (χ2v) is 2.92. The Hall–Kier alpha value is 0.210. The van der Waals surface area contributed by atoms with Crippen LogP contribution in [-0.4, -0.2) is 25.3 Å². The first-order valence-corrected chi connectivity index (χ1v) is 4.17. The summed E-state index contributed by atoms with van der Waals surface area (Å²) in [6.07, 6.45) is 2.24. The predicted octanol–water partition coefficient (Wildman–Crippen LogP) is 1.59. The molecule has 1 rings (SSSR count). The molecule has 1 N–H and O–H groups in total. The lowest BCUT2D eigenvalue weighted by molar-refractivity contribution is -0.0704. The van der Waals surface area contributed by atoms with Gasteiger partial charge in [-0.05, 0) is 12.8 Å². The fraction of sp³-hybridized carbons (Fsp3) is 1.00. The van der Waals surface area contributed by atoms with Crippen molar-refractivity contribution in [3.63, 3.8) is 0 Å². The summed E-state index contributed by atoms with van der Waals surface area (Å²) in [5.41, 5.74) is 0.151. The Morgan fingerprint density at radius 1 is 1.36 bits per heavy atom. The molecule has 1 aliphatic heterocycles. The van der Waals surface area contributed by atoms with Gasteiger partial charge in [0, 0.05) is 13.1 Å². The molecular formula is C8H18ClNO. The third kappa shape index (κ3) is 2.62. The maximum Gasteiger partial charge on any atom is 0.0801 e. The number of hydrogen-bond donors (Lipinski definition) is 1. The summed E-state index contributed by atoms with van der Waals surface area (Å²) in [4.78, 5) is 0. The smallest absolute Gasteiger partial charge is 0.0801 e. The third-order valence-electron chi connectivity index (χ3n) is 2.42. The molecule has 1 fully saturated rings. The van der Waals surface area contributed by atoms with E-state index in [9.17, 15) is 0 Å². The Morgan fingerprint density at radius 3 is 2.27 bits per heavy atom. The van der Waals surface area contributed by atoms with E-state index in [1.165, 1.54) is 0 Å². The number of nitrogens with one attached hydrogen (secondary N) is 1. The molecule has 0 saturated carbocycles. The summed E-state index contributed by atoms with van der Waals surface area (Å²) in [6.45, 7) is 7.30. The molecule has 0 aromatic rings. The molecule has 1 aliphatic rings. The maximum absolute atomic E-state index is 5.70. The van der Waals surface area contributed by atoms with Gasteiger partial charge in [0.05, 0.1) is 12.2 Å². The molecule has 0 unspecified atom stereocenters. The van der Waals surface area contributed by atoms with Crippen LogP contribution in [0.25, 0.3) is 0 Å². The molecule has 68 valence electrons. The van der Waals surface area contributed by atoms with Crippen LogP contribution in [0.15, 0.2) is 0 Å². The van der Waals surface area contributed by atoms with Crippen molar-refractivity contribution in [3.8, 4) is 0 Å². The molecule has 1 heterocycles. The summed E-state index contributed by atoms with van der Waals surface area (Å²) in [5, 5.41) is 3.35. The minimum Gasteiger partial charge on any atom is -0.372 e. The molecule has 1 saturated heterocycles. The second-order valence-electron chi connectivity index (χ2n) is 2.92. The van der Waals surface area contributed by atoms with Gasteiger partial charge in [-0.15, -0.1) is 12.4 Å². The van der Waals surface area contributed by atoms with E-state index < -0.39 is 0 Å². The third-order valence-corrected chi connectivity index (χ3v) is 2.42. The monoisotopic (exact) mass is 179 g/mol. The summed E-state index contributed by atoms with van der Waals surface area (Å²) in [7, 11) is 0. The van der Waals surface area contributed by atoms with E-state index in [0.29, 0.717) is 0 Å². The van der Waals surface area contributed by atoms with Crippen molar-refractivity contribution in [2.24, 2.45) is 0 Å². The van der Waals surface area contributed by atoms with E-state index in [1.54, 1.807) is 0 Å². The van der Waals surface area contributed by atoms with Crippen LogP contribution < -0.4 is 5.32 Å². The van der Waals surface area contributed by atoms with Crippen LogP contribution in [0.5, 0.6) is 0 Å². The first-order chi connectivity index (χ1) is 4.83. The number of halogens is 1. The van der Waals surface area contributed by atoms with Crippen molar-refractivity contribution >= 4 is 12.4 Å². The van der Waals surface area contributed by atoms with Crippen molar-refractivity contribution in [1.29, 1.82) is 0 Å². The van der Waals surface area contributed by atoms with Crippen molar-refractivity contribution in [2.75, 3.05) is 19.7 Å². The van der Waals surface area contributed by atoms with E-state index in [-0.39, 0.29) is 18.0 Å². The van der Waals surface area contributed by atoms with Gasteiger partial charge in [-0.2, -0.15) is 0 Å². The van der Waals surface area contributed by atoms with E-state index >= 15 is 0 Å². The zero-order valence-corrected chi connectivity index (χ0v) is 8.17. The highest BCUT2D eigenvalue weighted by Crippen LogP contribution is 2.20. The number of ether oxygens (including phenoxy) is 1. The first kappa shape index (κ1) is 11.2. The minimum absolute atomic E-state index is 0. The Balaban J connectivity index is 0.000001000. The van der Waals surface area contributed by atoms with Crippen LogP contribution in [0.1, 0.15) is 26.7 Å². The van der Waals surface area contributed by atoms with Gasteiger partial charge in [0.1, 0.15) is 0 Å². The van der Waals surface area contributed by atoms with Crippen molar-refractivity contribution in [1.82, 2.24) is 5.32 Å². The lowest BCUT2D eigenvalue weighted by atomic mass is 9.96. The largest absolute Gasteiger partial charge is 0.372 e. The second kappa shape index (κ2) is 4.96. The van der Waals surface area contributed by atoms with Crippen molar-refractivity contribution in [2.45, 2.75) is 32.3 Å². The van der Waals surface area contributed by atoms with Crippen LogP contribution in [-0.2, 0) is 4.74 Å². The predicted molar refractivity (Wildman–Crippen MR) is 49.4 cm³/mol. The van der Waals surface area contributed by atoms with E-state index in [4.69, 9.17) is 4.74 Å². The molecule has 0 aromatic carbocycles. The fourth-order valence-electron chi connectivity index (χ4n) is 1.41. The standard InChI is InChI=1S/C8H17NO.ClH/c1-3-8(4-2)7-9-5-6-10-8;/h9H,3-7H2,1-2H3;1H. The van der Waals surface area contributed by atoms with Gasteiger partial charge in [-0.25, -0.2) is 0 Å². The average Bonchev–Trinajstić information content (AvgIpc) is 2.06. The minimum atomic E-state index is 0. The number of morpholine rings is 1. The zero-order chi connectivity index (χ0) is 7.45. The lowest BCUT2D eigenvalue weighted by Gasteiger charge is -2.36. The Morgan fingerprint density at radius 2 is 2.00 bits per heavy atom. The first-order valence-electron chi connectivity index (χ1n) is 4.17. The molecule has 0 radical (unpaired) electrons. The van der Waals surface area contributed by atoms with Crippen LogP contribution in [0.3, 0.4) is 0 Å². The molecule has 0 amide bonds. The van der Waals surface area contributed by atoms with Gasteiger partial charge in [-0.3, -0.25) is 0 Å². The average molecular weight is 180 g/mol. The van der Waals surface area contributed by atoms with E-state index in [0.717, 1.165) is 32.5 Å². The van der Waals surface area contributed by atoms with Gasteiger partial charge in [0.15, 0.2) is 0 Å². The van der Waals surface area contributed by atoms with E-state index in [2.05, 4.69) is 19.2 Å². The summed E-state index contributed by atoms with van der Waals surface area (Å²) < 4.78 is 5.70. The van der Waals surface area contributed by atoms with Gasteiger partial charge < -0.3 is 10.1 Å². The summed E-state index contributed by atoms with van der Waals surface area (Å²) in [5.74, 6) is 0.